The Labute approximate surface area is 129 Å². The van der Waals surface area contributed by atoms with Gasteiger partial charge in [0, 0.05) is 34.1 Å². The first-order chi connectivity index (χ1) is 9.84. The fourth-order valence-corrected chi connectivity index (χ4v) is 3.55. The van der Waals surface area contributed by atoms with Crippen molar-refractivity contribution in [2.75, 3.05) is 11.5 Å². The van der Waals surface area contributed by atoms with Crippen molar-refractivity contribution in [3.63, 3.8) is 0 Å². The minimum atomic E-state index is 0.358. The summed E-state index contributed by atoms with van der Waals surface area (Å²) >= 11 is 3.50. The lowest BCUT2D eigenvalue weighted by molar-refractivity contribution is -0.118. The van der Waals surface area contributed by atoms with E-state index in [0.29, 0.717) is 18.6 Å². The van der Waals surface area contributed by atoms with E-state index in [1.807, 2.05) is 36.4 Å². The lowest BCUT2D eigenvalue weighted by atomic mass is 10.2. The Hall–Kier alpha value is -1.19. The van der Waals surface area contributed by atoms with E-state index in [4.69, 9.17) is 0 Å². The van der Waals surface area contributed by atoms with Gasteiger partial charge in [-0.2, -0.15) is 0 Å². The SMILES string of the molecule is O=C(CCSc1ccccc1)CCSc1ccccc1. The third-order valence-corrected chi connectivity index (χ3v) is 4.81. The molecular weight excluding hydrogens is 284 g/mol. The summed E-state index contributed by atoms with van der Waals surface area (Å²) in [5, 5.41) is 0. The van der Waals surface area contributed by atoms with Crippen LogP contribution < -0.4 is 0 Å². The van der Waals surface area contributed by atoms with Gasteiger partial charge in [0.2, 0.25) is 0 Å². The van der Waals surface area contributed by atoms with Crippen molar-refractivity contribution in [3.05, 3.63) is 60.7 Å². The largest absolute Gasteiger partial charge is 0.300 e. The lowest BCUT2D eigenvalue weighted by Crippen LogP contribution is -2.00. The highest BCUT2D eigenvalue weighted by atomic mass is 32.2. The van der Waals surface area contributed by atoms with Crippen LogP contribution in [0.2, 0.25) is 0 Å². The van der Waals surface area contributed by atoms with Crippen LogP contribution in [0.3, 0.4) is 0 Å². The van der Waals surface area contributed by atoms with E-state index in [2.05, 4.69) is 24.3 Å². The minimum Gasteiger partial charge on any atom is -0.300 e. The molecule has 0 unspecified atom stereocenters. The van der Waals surface area contributed by atoms with Gasteiger partial charge < -0.3 is 0 Å². The minimum absolute atomic E-state index is 0.358. The van der Waals surface area contributed by atoms with Gasteiger partial charge >= 0.3 is 0 Å². The van der Waals surface area contributed by atoms with Gasteiger partial charge in [0.25, 0.3) is 0 Å². The first-order valence-corrected chi connectivity index (χ1v) is 8.69. The fraction of sp³-hybridized carbons (Fsp3) is 0.235. The average molecular weight is 302 g/mol. The molecule has 0 saturated carbocycles. The predicted molar refractivity (Wildman–Crippen MR) is 88.6 cm³/mol. The van der Waals surface area contributed by atoms with E-state index in [0.717, 1.165) is 11.5 Å². The van der Waals surface area contributed by atoms with Crippen molar-refractivity contribution >= 4 is 29.3 Å². The molecule has 0 heterocycles. The van der Waals surface area contributed by atoms with Crippen LogP contribution in [-0.2, 0) is 4.79 Å². The third kappa shape index (κ3) is 5.85. The van der Waals surface area contributed by atoms with Crippen LogP contribution in [-0.4, -0.2) is 17.3 Å². The monoisotopic (exact) mass is 302 g/mol. The molecule has 0 aliphatic heterocycles. The van der Waals surface area contributed by atoms with Crippen LogP contribution in [0, 0.1) is 0 Å². The van der Waals surface area contributed by atoms with Crippen LogP contribution in [0.25, 0.3) is 0 Å². The Morgan fingerprint density at radius 1 is 0.700 bits per heavy atom. The number of hydrogen-bond acceptors (Lipinski definition) is 3. The molecule has 0 atom stereocenters. The van der Waals surface area contributed by atoms with Crippen LogP contribution >= 0.6 is 23.5 Å². The molecule has 104 valence electrons. The Bertz CT molecular complexity index is 464. The quantitative estimate of drug-likeness (QED) is 0.644. The van der Waals surface area contributed by atoms with Gasteiger partial charge in [0.15, 0.2) is 0 Å². The summed E-state index contributed by atoms with van der Waals surface area (Å²) in [7, 11) is 0. The highest BCUT2D eigenvalue weighted by Crippen LogP contribution is 2.20. The summed E-state index contributed by atoms with van der Waals surface area (Å²) in [5.41, 5.74) is 0. The Kier molecular flexibility index (Phi) is 6.75. The average Bonchev–Trinajstić information content (AvgIpc) is 2.49. The van der Waals surface area contributed by atoms with Crippen LogP contribution in [0.15, 0.2) is 70.5 Å². The maximum absolute atomic E-state index is 11.8. The molecule has 20 heavy (non-hydrogen) atoms. The van der Waals surface area contributed by atoms with Crippen LogP contribution in [0.5, 0.6) is 0 Å². The summed E-state index contributed by atoms with van der Waals surface area (Å²) in [4.78, 5) is 14.3. The molecule has 2 rings (SSSR count). The topological polar surface area (TPSA) is 17.1 Å². The highest BCUT2D eigenvalue weighted by Gasteiger charge is 2.03. The molecule has 0 aliphatic carbocycles. The molecule has 3 heteroatoms. The van der Waals surface area contributed by atoms with Gasteiger partial charge in [-0.15, -0.1) is 23.5 Å². The Balaban J connectivity index is 1.59. The van der Waals surface area contributed by atoms with Crippen molar-refractivity contribution < 1.29 is 4.79 Å². The van der Waals surface area contributed by atoms with Gasteiger partial charge in [-0.25, -0.2) is 0 Å². The lowest BCUT2D eigenvalue weighted by Gasteiger charge is -2.02. The van der Waals surface area contributed by atoms with Gasteiger partial charge in [-0.3, -0.25) is 4.79 Å². The molecule has 2 aromatic carbocycles. The van der Waals surface area contributed by atoms with Crippen molar-refractivity contribution in [3.8, 4) is 0 Å². The van der Waals surface area contributed by atoms with Crippen LogP contribution in [0.1, 0.15) is 12.8 Å². The van der Waals surface area contributed by atoms with Crippen molar-refractivity contribution in [2.24, 2.45) is 0 Å². The molecule has 0 saturated heterocycles. The zero-order chi connectivity index (χ0) is 14.0. The van der Waals surface area contributed by atoms with Crippen molar-refractivity contribution in [1.82, 2.24) is 0 Å². The molecule has 0 spiro atoms. The number of hydrogen-bond donors (Lipinski definition) is 0. The summed E-state index contributed by atoms with van der Waals surface area (Å²) in [6.07, 6.45) is 1.32. The summed E-state index contributed by atoms with van der Waals surface area (Å²) in [6, 6.07) is 20.5. The number of thioether (sulfide) groups is 2. The summed E-state index contributed by atoms with van der Waals surface area (Å²) in [5.74, 6) is 2.11. The maximum Gasteiger partial charge on any atom is 0.134 e. The third-order valence-electron chi connectivity index (χ3n) is 2.79. The van der Waals surface area contributed by atoms with Gasteiger partial charge in [-0.05, 0) is 24.3 Å². The molecule has 1 nitrogen and oxygen atoms in total. The number of carbonyl (C=O) groups is 1. The molecule has 2 aromatic rings. The fourth-order valence-electron chi connectivity index (χ4n) is 1.72. The molecule has 0 aromatic heterocycles. The maximum atomic E-state index is 11.8. The second-order valence-electron chi connectivity index (χ2n) is 4.36. The molecule has 0 amide bonds. The number of rotatable bonds is 8. The zero-order valence-electron chi connectivity index (χ0n) is 11.3. The normalized spacial score (nSPS) is 10.4. The molecule has 0 fully saturated rings. The summed E-state index contributed by atoms with van der Waals surface area (Å²) < 4.78 is 0. The van der Waals surface area contributed by atoms with Crippen molar-refractivity contribution in [1.29, 1.82) is 0 Å². The highest BCUT2D eigenvalue weighted by molar-refractivity contribution is 7.99. The first kappa shape index (κ1) is 15.2. The van der Waals surface area contributed by atoms with E-state index in [1.165, 1.54) is 9.79 Å². The standard InChI is InChI=1S/C17H18OS2/c18-15(11-13-19-16-7-3-1-4-8-16)12-14-20-17-9-5-2-6-10-17/h1-10H,11-14H2. The van der Waals surface area contributed by atoms with E-state index in [1.54, 1.807) is 23.5 Å². The Morgan fingerprint density at radius 2 is 1.10 bits per heavy atom. The molecular formula is C17H18OS2. The van der Waals surface area contributed by atoms with Gasteiger partial charge in [0.1, 0.15) is 5.78 Å². The summed E-state index contributed by atoms with van der Waals surface area (Å²) in [6.45, 7) is 0. The smallest absolute Gasteiger partial charge is 0.134 e. The number of carbonyl (C=O) groups excluding carboxylic acids is 1. The van der Waals surface area contributed by atoms with Gasteiger partial charge in [0.05, 0.1) is 0 Å². The van der Waals surface area contributed by atoms with Gasteiger partial charge in [-0.1, -0.05) is 36.4 Å². The van der Waals surface area contributed by atoms with E-state index in [-0.39, 0.29) is 0 Å². The molecule has 0 aliphatic rings. The number of Topliss-reactive ketones (excluding diaryl/α,β-unsaturated/α-hetero) is 1. The molecule has 0 bridgehead atoms. The Morgan fingerprint density at radius 3 is 1.50 bits per heavy atom. The van der Waals surface area contributed by atoms with Crippen LogP contribution in [0.4, 0.5) is 0 Å². The number of ketones is 1. The van der Waals surface area contributed by atoms with E-state index >= 15 is 0 Å². The predicted octanol–water partition coefficient (Wildman–Crippen LogP) is 4.92. The van der Waals surface area contributed by atoms with Crippen molar-refractivity contribution in [2.45, 2.75) is 22.6 Å². The zero-order valence-corrected chi connectivity index (χ0v) is 13.0. The first-order valence-electron chi connectivity index (χ1n) is 6.72. The number of benzene rings is 2. The second kappa shape index (κ2) is 8.88. The second-order valence-corrected chi connectivity index (χ2v) is 6.70. The van der Waals surface area contributed by atoms with E-state index < -0.39 is 0 Å². The van der Waals surface area contributed by atoms with E-state index in [9.17, 15) is 4.79 Å². The molecule has 0 radical (unpaired) electrons. The molecule has 0 N–H and O–H groups in total.